The number of carboxylic acid groups (broad SMARTS) is 1. The van der Waals surface area contributed by atoms with Crippen LogP contribution in [-0.2, 0) is 9.53 Å². The summed E-state index contributed by atoms with van der Waals surface area (Å²) in [6.45, 7) is 3.49. The molecule has 2 unspecified atom stereocenters. The van der Waals surface area contributed by atoms with Crippen LogP contribution in [0.4, 0.5) is 0 Å². The second kappa shape index (κ2) is 5.08. The number of nitrogens with one attached hydrogen (secondary N) is 1. The Hall–Kier alpha value is -0.650. The lowest BCUT2D eigenvalue weighted by Crippen LogP contribution is -2.47. The predicted octanol–water partition coefficient (Wildman–Crippen LogP) is -0.393. The van der Waals surface area contributed by atoms with Gasteiger partial charge >= 0.3 is 5.97 Å². The van der Waals surface area contributed by atoms with E-state index in [9.17, 15) is 4.79 Å². The zero-order chi connectivity index (χ0) is 9.72. The number of carboxylic acids is 1. The SMILES string of the molecule is COC(O)NC(C(=O)O)C(C)C. The third kappa shape index (κ3) is 3.66. The molecule has 0 aromatic heterocycles. The van der Waals surface area contributed by atoms with Gasteiger partial charge in [-0.2, -0.15) is 0 Å². The Morgan fingerprint density at radius 3 is 2.25 bits per heavy atom. The van der Waals surface area contributed by atoms with Crippen LogP contribution < -0.4 is 5.32 Å². The molecule has 0 spiro atoms. The van der Waals surface area contributed by atoms with Crippen molar-refractivity contribution in [3.05, 3.63) is 0 Å². The molecule has 0 aliphatic carbocycles. The number of aliphatic hydroxyl groups excluding tert-OH is 1. The van der Waals surface area contributed by atoms with Crippen LogP contribution in [0.5, 0.6) is 0 Å². The Balaban J connectivity index is 4.05. The van der Waals surface area contributed by atoms with Crippen LogP contribution in [0, 0.1) is 5.92 Å². The number of hydrogen-bond donors (Lipinski definition) is 3. The second-order valence-electron chi connectivity index (χ2n) is 2.81. The summed E-state index contributed by atoms with van der Waals surface area (Å²) in [5.41, 5.74) is 0. The van der Waals surface area contributed by atoms with Crippen molar-refractivity contribution in [3.63, 3.8) is 0 Å². The van der Waals surface area contributed by atoms with Crippen molar-refractivity contribution in [1.82, 2.24) is 5.32 Å². The molecule has 12 heavy (non-hydrogen) atoms. The van der Waals surface area contributed by atoms with Crippen LogP contribution in [0.1, 0.15) is 13.8 Å². The molecule has 5 nitrogen and oxygen atoms in total. The number of hydrogen-bond acceptors (Lipinski definition) is 4. The number of aliphatic carboxylic acids is 1. The molecule has 72 valence electrons. The first-order valence-electron chi connectivity index (χ1n) is 3.68. The van der Waals surface area contributed by atoms with Crippen molar-refractivity contribution in [3.8, 4) is 0 Å². The molecule has 3 N–H and O–H groups in total. The first-order chi connectivity index (χ1) is 5.49. The Kier molecular flexibility index (Phi) is 4.80. The van der Waals surface area contributed by atoms with Gasteiger partial charge in [0.25, 0.3) is 0 Å². The Morgan fingerprint density at radius 2 is 2.00 bits per heavy atom. The average Bonchev–Trinajstić information content (AvgIpc) is 1.98. The summed E-state index contributed by atoms with van der Waals surface area (Å²) in [6, 6.07) is -0.792. The van der Waals surface area contributed by atoms with Crippen LogP contribution in [0.15, 0.2) is 0 Å². The molecule has 0 amide bonds. The molecule has 0 aromatic carbocycles. The summed E-state index contributed by atoms with van der Waals surface area (Å²) in [7, 11) is 1.29. The lowest BCUT2D eigenvalue weighted by molar-refractivity contribution is -0.149. The average molecular weight is 177 g/mol. The highest BCUT2D eigenvalue weighted by Gasteiger charge is 2.23. The van der Waals surface area contributed by atoms with Gasteiger partial charge < -0.3 is 14.9 Å². The minimum atomic E-state index is -1.23. The van der Waals surface area contributed by atoms with E-state index in [0.717, 1.165) is 0 Å². The summed E-state index contributed by atoms with van der Waals surface area (Å²) in [5, 5.41) is 20.0. The van der Waals surface area contributed by atoms with Crippen molar-refractivity contribution >= 4 is 5.97 Å². The van der Waals surface area contributed by atoms with Gasteiger partial charge in [0.05, 0.1) is 0 Å². The summed E-state index contributed by atoms with van der Waals surface area (Å²) in [5.74, 6) is -1.10. The van der Waals surface area contributed by atoms with Crippen LogP contribution >= 0.6 is 0 Å². The molecule has 0 aromatic rings. The summed E-state index contributed by atoms with van der Waals surface area (Å²) in [4.78, 5) is 10.6. The molecule has 0 aliphatic rings. The summed E-state index contributed by atoms with van der Waals surface area (Å²) < 4.78 is 4.46. The van der Waals surface area contributed by atoms with Gasteiger partial charge in [-0.15, -0.1) is 0 Å². The fourth-order valence-corrected chi connectivity index (χ4v) is 0.771. The van der Waals surface area contributed by atoms with Gasteiger partial charge in [0.15, 0.2) is 0 Å². The Labute approximate surface area is 71.3 Å². The molecular formula is C7H15NO4. The highest BCUT2D eigenvalue weighted by molar-refractivity contribution is 5.73. The lowest BCUT2D eigenvalue weighted by atomic mass is 10.1. The molecule has 0 aliphatic heterocycles. The molecule has 0 bridgehead atoms. The number of methoxy groups -OCH3 is 1. The topological polar surface area (TPSA) is 78.8 Å². The third-order valence-electron chi connectivity index (χ3n) is 1.48. The van der Waals surface area contributed by atoms with E-state index in [4.69, 9.17) is 10.2 Å². The van der Waals surface area contributed by atoms with E-state index in [-0.39, 0.29) is 5.92 Å². The highest BCUT2D eigenvalue weighted by Crippen LogP contribution is 2.02. The number of ether oxygens (including phenoxy) is 1. The molecule has 0 fully saturated rings. The van der Waals surface area contributed by atoms with E-state index in [2.05, 4.69) is 10.1 Å². The van der Waals surface area contributed by atoms with Gasteiger partial charge in [0.2, 0.25) is 6.41 Å². The zero-order valence-electron chi connectivity index (χ0n) is 7.44. The minimum absolute atomic E-state index is 0.104. The van der Waals surface area contributed by atoms with Gasteiger partial charge in [-0.05, 0) is 5.92 Å². The van der Waals surface area contributed by atoms with Crippen LogP contribution in [0.2, 0.25) is 0 Å². The fraction of sp³-hybridized carbons (Fsp3) is 0.857. The normalized spacial score (nSPS) is 16.1. The van der Waals surface area contributed by atoms with Gasteiger partial charge in [0.1, 0.15) is 6.04 Å². The van der Waals surface area contributed by atoms with Gasteiger partial charge in [-0.25, -0.2) is 0 Å². The molecule has 0 radical (unpaired) electrons. The monoisotopic (exact) mass is 177 g/mol. The Bertz CT molecular complexity index is 148. The summed E-state index contributed by atoms with van der Waals surface area (Å²) >= 11 is 0. The molecule has 2 atom stereocenters. The first-order valence-corrected chi connectivity index (χ1v) is 3.68. The number of carbonyl (C=O) groups is 1. The maximum atomic E-state index is 10.6. The molecule has 0 saturated carbocycles. The second-order valence-corrected chi connectivity index (χ2v) is 2.81. The lowest BCUT2D eigenvalue weighted by Gasteiger charge is -2.20. The van der Waals surface area contributed by atoms with Gasteiger partial charge in [0, 0.05) is 7.11 Å². The molecule has 5 heteroatoms. The van der Waals surface area contributed by atoms with Crippen molar-refractivity contribution in [2.75, 3.05) is 7.11 Å². The molecule has 0 rings (SSSR count). The minimum Gasteiger partial charge on any atom is -0.480 e. The number of rotatable bonds is 5. The predicted molar refractivity (Wildman–Crippen MR) is 42.4 cm³/mol. The van der Waals surface area contributed by atoms with Gasteiger partial charge in [-0.1, -0.05) is 13.8 Å². The van der Waals surface area contributed by atoms with E-state index in [1.807, 2.05) is 0 Å². The third-order valence-corrected chi connectivity index (χ3v) is 1.48. The first kappa shape index (κ1) is 11.4. The smallest absolute Gasteiger partial charge is 0.321 e. The van der Waals surface area contributed by atoms with Gasteiger partial charge in [-0.3, -0.25) is 10.1 Å². The maximum Gasteiger partial charge on any atom is 0.321 e. The highest BCUT2D eigenvalue weighted by atomic mass is 16.6. The molecule has 0 saturated heterocycles. The van der Waals surface area contributed by atoms with Crippen molar-refractivity contribution in [2.24, 2.45) is 5.92 Å². The fourth-order valence-electron chi connectivity index (χ4n) is 0.771. The molecular weight excluding hydrogens is 162 g/mol. The van der Waals surface area contributed by atoms with Crippen molar-refractivity contribution in [2.45, 2.75) is 26.3 Å². The standard InChI is InChI=1S/C7H15NO4/c1-4(2)5(6(9)10)8-7(11)12-3/h4-5,7-8,11H,1-3H3,(H,9,10). The van der Waals surface area contributed by atoms with E-state index in [1.54, 1.807) is 13.8 Å². The molecule has 0 heterocycles. The summed E-state index contributed by atoms with van der Waals surface area (Å²) in [6.07, 6.45) is -1.23. The Morgan fingerprint density at radius 1 is 1.50 bits per heavy atom. The van der Waals surface area contributed by atoms with E-state index in [0.29, 0.717) is 0 Å². The van der Waals surface area contributed by atoms with Crippen molar-refractivity contribution < 1.29 is 19.7 Å². The van der Waals surface area contributed by atoms with E-state index < -0.39 is 18.4 Å². The largest absolute Gasteiger partial charge is 0.480 e. The maximum absolute atomic E-state index is 10.6. The zero-order valence-corrected chi connectivity index (χ0v) is 7.44. The van der Waals surface area contributed by atoms with E-state index in [1.165, 1.54) is 7.11 Å². The van der Waals surface area contributed by atoms with Crippen molar-refractivity contribution in [1.29, 1.82) is 0 Å². The van der Waals surface area contributed by atoms with Crippen LogP contribution in [0.3, 0.4) is 0 Å². The quantitative estimate of drug-likeness (QED) is 0.498. The number of aliphatic hydroxyl groups is 1. The van der Waals surface area contributed by atoms with Crippen LogP contribution in [-0.4, -0.2) is 35.7 Å². The van der Waals surface area contributed by atoms with Crippen LogP contribution in [0.25, 0.3) is 0 Å². The van der Waals surface area contributed by atoms with E-state index >= 15 is 0 Å².